The van der Waals surface area contributed by atoms with Crippen molar-refractivity contribution in [3.63, 3.8) is 0 Å². The van der Waals surface area contributed by atoms with Crippen LogP contribution in [0.3, 0.4) is 0 Å². The first-order chi connectivity index (χ1) is 12.3. The molecule has 0 N–H and O–H groups in total. The zero-order valence-electron chi connectivity index (χ0n) is 18.6. The van der Waals surface area contributed by atoms with Crippen molar-refractivity contribution in [2.45, 2.75) is 104 Å². The van der Waals surface area contributed by atoms with Gasteiger partial charge in [0.05, 0.1) is 0 Å². The Balaban J connectivity index is 1.89. The summed E-state index contributed by atoms with van der Waals surface area (Å²) in [5, 5.41) is 0. The Labute approximate surface area is 169 Å². The van der Waals surface area contributed by atoms with E-state index in [1.807, 2.05) is 0 Å². The quantitative estimate of drug-likeness (QED) is 0.420. The van der Waals surface area contributed by atoms with Crippen LogP contribution in [-0.4, -0.2) is 17.6 Å². The van der Waals surface area contributed by atoms with Crippen LogP contribution in [0.5, 0.6) is 0 Å². The number of hydrogen-bond acceptors (Lipinski definition) is 1. The van der Waals surface area contributed by atoms with E-state index < -0.39 is 0 Å². The first-order valence-corrected chi connectivity index (χ1v) is 14.9. The first-order valence-electron chi connectivity index (χ1n) is 11.6. The van der Waals surface area contributed by atoms with Gasteiger partial charge in [0.1, 0.15) is 0 Å². The van der Waals surface area contributed by atoms with Crippen molar-refractivity contribution in [1.82, 2.24) is 0 Å². The summed E-state index contributed by atoms with van der Waals surface area (Å²) in [5.41, 5.74) is 2.55. The third-order valence-electron chi connectivity index (χ3n) is 8.35. The van der Waals surface area contributed by atoms with E-state index in [4.69, 9.17) is 0 Å². The van der Waals surface area contributed by atoms with Crippen molar-refractivity contribution in [1.29, 1.82) is 0 Å². The third-order valence-corrected chi connectivity index (χ3v) is 14.3. The van der Waals surface area contributed by atoms with Crippen LogP contribution in [0.25, 0.3) is 0 Å². The van der Waals surface area contributed by atoms with Gasteiger partial charge in [0.15, 0.2) is 0 Å². The summed E-state index contributed by atoms with van der Waals surface area (Å²) < 4.78 is 0. The van der Waals surface area contributed by atoms with Crippen LogP contribution in [0.15, 0.2) is 0 Å². The molecule has 2 aliphatic carbocycles. The smallest absolute Gasteiger partial charge is 0.00575 e. The fraction of sp³-hybridized carbons (Fsp3) is 1.00. The Morgan fingerprint density at radius 2 is 1.62 bits per heavy atom. The molecule has 0 spiro atoms. The Hall–Kier alpha value is 0.780. The molecule has 3 fully saturated rings. The molecule has 1 heterocycles. The van der Waals surface area contributed by atoms with Gasteiger partial charge in [0.25, 0.3) is 0 Å². The molecule has 0 aromatic rings. The van der Waals surface area contributed by atoms with E-state index in [1.54, 1.807) is 0 Å². The largest absolute Gasteiger partial charge is 0.137 e. The van der Waals surface area contributed by atoms with Gasteiger partial charge in [-0.25, -0.2) is 0 Å². The molecule has 1 saturated heterocycles. The van der Waals surface area contributed by atoms with Crippen LogP contribution in [-0.2, 0) is 0 Å². The zero-order chi connectivity index (χ0) is 19.1. The molecule has 6 unspecified atom stereocenters. The van der Waals surface area contributed by atoms with Crippen molar-refractivity contribution in [2.24, 2.45) is 40.9 Å². The molecular formula is C24H45PS. The summed E-state index contributed by atoms with van der Waals surface area (Å²) >= 11 is 2.33. The maximum absolute atomic E-state index is 2.67. The van der Waals surface area contributed by atoms with E-state index in [1.165, 1.54) is 51.4 Å². The molecule has 0 aromatic carbocycles. The second-order valence-corrected chi connectivity index (χ2v) is 15.8. The van der Waals surface area contributed by atoms with Crippen molar-refractivity contribution in [3.05, 3.63) is 0 Å². The Morgan fingerprint density at radius 3 is 2.08 bits per heavy atom. The fourth-order valence-corrected chi connectivity index (χ4v) is 13.7. The average molecular weight is 397 g/mol. The van der Waals surface area contributed by atoms with Gasteiger partial charge < -0.3 is 0 Å². The minimum absolute atomic E-state index is 0.132. The van der Waals surface area contributed by atoms with E-state index in [9.17, 15) is 0 Å². The summed E-state index contributed by atoms with van der Waals surface area (Å²) in [5.74, 6) is 5.99. The van der Waals surface area contributed by atoms with Gasteiger partial charge in [-0.1, -0.05) is 60.8 Å². The minimum atomic E-state index is 0.132. The molecule has 3 aliphatic rings. The van der Waals surface area contributed by atoms with Gasteiger partial charge in [0, 0.05) is 0 Å². The van der Waals surface area contributed by atoms with Crippen LogP contribution in [0, 0.1) is 40.9 Å². The molecule has 6 atom stereocenters. The second-order valence-electron chi connectivity index (χ2n) is 11.1. The first kappa shape index (κ1) is 21.5. The van der Waals surface area contributed by atoms with E-state index in [0.29, 0.717) is 5.41 Å². The third kappa shape index (κ3) is 4.50. The predicted octanol–water partition coefficient (Wildman–Crippen LogP) is 8.45. The highest BCUT2D eigenvalue weighted by molar-refractivity contribution is 8.55. The van der Waals surface area contributed by atoms with Gasteiger partial charge in [0.2, 0.25) is 0 Å². The van der Waals surface area contributed by atoms with Crippen molar-refractivity contribution in [3.8, 4) is 0 Å². The SMILES string of the molecule is CCC(C1CC1)C1CC(C(C)(C)C)C(C)C(C2CCC(C)CC2)P1SC. The molecule has 26 heavy (non-hydrogen) atoms. The van der Waals surface area contributed by atoms with Gasteiger partial charge in [-0.15, -0.1) is 11.4 Å². The van der Waals surface area contributed by atoms with Crippen molar-refractivity contribution < 1.29 is 0 Å². The molecule has 1 aliphatic heterocycles. The molecule has 0 radical (unpaired) electrons. The second kappa shape index (κ2) is 8.65. The molecule has 152 valence electrons. The predicted molar refractivity (Wildman–Crippen MR) is 122 cm³/mol. The average Bonchev–Trinajstić information content (AvgIpc) is 3.41. The number of hydrogen-bond donors (Lipinski definition) is 0. The molecular weight excluding hydrogens is 351 g/mol. The van der Waals surface area contributed by atoms with Crippen LogP contribution in [0.2, 0.25) is 0 Å². The molecule has 2 saturated carbocycles. The highest BCUT2D eigenvalue weighted by Gasteiger charge is 2.52. The maximum atomic E-state index is 2.67. The molecule has 0 aromatic heterocycles. The lowest BCUT2D eigenvalue weighted by Crippen LogP contribution is -2.46. The number of rotatable bonds is 5. The topological polar surface area (TPSA) is 0 Å². The standard InChI is InChI=1S/C24H45PS/c1-8-20(18-13-14-18)22-15-21(24(4,5)6)17(3)23(25(22)26-7)19-11-9-16(2)10-12-19/h16-23H,8-15H2,1-7H3. The van der Waals surface area contributed by atoms with Crippen molar-refractivity contribution in [2.75, 3.05) is 6.26 Å². The lowest BCUT2D eigenvalue weighted by molar-refractivity contribution is 0.108. The molecule has 0 amide bonds. The Bertz CT molecular complexity index is 444. The van der Waals surface area contributed by atoms with Crippen LogP contribution in [0.1, 0.15) is 92.9 Å². The summed E-state index contributed by atoms with van der Waals surface area (Å²) in [6, 6.07) is 0. The molecule has 2 heteroatoms. The van der Waals surface area contributed by atoms with E-state index >= 15 is 0 Å². The maximum Gasteiger partial charge on any atom is -0.00575 e. The van der Waals surface area contributed by atoms with Crippen LogP contribution < -0.4 is 0 Å². The molecule has 0 nitrogen and oxygen atoms in total. The van der Waals surface area contributed by atoms with Gasteiger partial charge in [-0.3, -0.25) is 0 Å². The van der Waals surface area contributed by atoms with Crippen LogP contribution in [0.4, 0.5) is 0 Å². The van der Waals surface area contributed by atoms with Gasteiger partial charge in [-0.05, 0) is 97.7 Å². The Kier molecular flexibility index (Phi) is 7.15. The molecule has 3 rings (SSSR count). The van der Waals surface area contributed by atoms with Gasteiger partial charge >= 0.3 is 0 Å². The lowest BCUT2D eigenvalue weighted by atomic mass is 9.66. The summed E-state index contributed by atoms with van der Waals surface area (Å²) in [7, 11) is 0.132. The highest BCUT2D eigenvalue weighted by Crippen LogP contribution is 2.71. The van der Waals surface area contributed by atoms with Gasteiger partial charge in [-0.2, -0.15) is 0 Å². The Morgan fingerprint density at radius 1 is 1.00 bits per heavy atom. The van der Waals surface area contributed by atoms with E-state index in [0.717, 1.165) is 46.8 Å². The summed E-state index contributed by atoms with van der Waals surface area (Å²) in [6.45, 7) is 15.3. The monoisotopic (exact) mass is 396 g/mol. The normalized spacial score (nSPS) is 43.3. The highest BCUT2D eigenvalue weighted by atomic mass is 32.7. The fourth-order valence-electron chi connectivity index (χ4n) is 6.74. The van der Waals surface area contributed by atoms with E-state index in [2.05, 4.69) is 59.2 Å². The van der Waals surface area contributed by atoms with Crippen molar-refractivity contribution >= 4 is 18.5 Å². The van der Waals surface area contributed by atoms with E-state index in [-0.39, 0.29) is 7.12 Å². The zero-order valence-corrected chi connectivity index (χ0v) is 20.3. The lowest BCUT2D eigenvalue weighted by Gasteiger charge is -2.55. The molecule has 0 bridgehead atoms. The summed E-state index contributed by atoms with van der Waals surface area (Å²) in [4.78, 5) is 0. The van der Waals surface area contributed by atoms with Crippen LogP contribution >= 0.6 is 18.5 Å². The minimum Gasteiger partial charge on any atom is -0.137 e. The summed E-state index contributed by atoms with van der Waals surface area (Å²) in [6.07, 6.45) is 14.6.